The smallest absolute Gasteiger partial charge is 0.244 e. The topological polar surface area (TPSA) is 84.7 Å². The van der Waals surface area contributed by atoms with Crippen molar-refractivity contribution >= 4 is 17.5 Å². The van der Waals surface area contributed by atoms with E-state index in [0.717, 1.165) is 34.5 Å². The Kier molecular flexibility index (Phi) is 7.60. The van der Waals surface area contributed by atoms with E-state index < -0.39 is 18.0 Å². The lowest BCUT2D eigenvalue weighted by molar-refractivity contribution is -0.123. The van der Waals surface area contributed by atoms with Gasteiger partial charge in [-0.2, -0.15) is 0 Å². The van der Waals surface area contributed by atoms with Gasteiger partial charge in [-0.3, -0.25) is 14.9 Å². The highest BCUT2D eigenvalue weighted by Crippen LogP contribution is 2.29. The molecule has 3 aromatic carbocycles. The van der Waals surface area contributed by atoms with E-state index in [0.29, 0.717) is 25.8 Å². The highest BCUT2D eigenvalue weighted by molar-refractivity contribution is 5.99. The van der Waals surface area contributed by atoms with Gasteiger partial charge in [-0.25, -0.2) is 0 Å². The van der Waals surface area contributed by atoms with Crippen molar-refractivity contribution in [1.29, 1.82) is 0 Å². The van der Waals surface area contributed by atoms with E-state index in [1.165, 1.54) is 0 Å². The third-order valence-corrected chi connectivity index (χ3v) is 6.36. The van der Waals surface area contributed by atoms with Gasteiger partial charge in [-0.05, 0) is 60.6 Å². The van der Waals surface area contributed by atoms with Crippen LogP contribution in [0.5, 0.6) is 5.75 Å². The Hall–Kier alpha value is -3.64. The Balaban J connectivity index is 1.54. The molecule has 0 fully saturated rings. The van der Waals surface area contributed by atoms with Crippen LogP contribution in [-0.2, 0) is 29.0 Å². The Morgan fingerprint density at radius 3 is 2.44 bits per heavy atom. The van der Waals surface area contributed by atoms with Gasteiger partial charge in [0.15, 0.2) is 0 Å². The molecular formula is C28H31N3O3. The van der Waals surface area contributed by atoms with Crippen LogP contribution in [0.3, 0.4) is 0 Å². The molecule has 0 saturated heterocycles. The maximum absolute atomic E-state index is 13.8. The van der Waals surface area contributed by atoms with Crippen LogP contribution in [0.4, 0.5) is 5.69 Å². The van der Waals surface area contributed by atoms with Gasteiger partial charge in [0.1, 0.15) is 5.75 Å². The van der Waals surface area contributed by atoms with Crippen LogP contribution < -0.4 is 20.7 Å². The summed E-state index contributed by atoms with van der Waals surface area (Å²) in [6, 6.07) is 24.6. The van der Waals surface area contributed by atoms with Gasteiger partial charge in [-0.1, -0.05) is 60.7 Å². The fourth-order valence-corrected chi connectivity index (χ4v) is 4.45. The minimum atomic E-state index is -0.585. The molecule has 0 saturated carbocycles. The van der Waals surface area contributed by atoms with Gasteiger partial charge in [-0.15, -0.1) is 0 Å². The number of amides is 2. The summed E-state index contributed by atoms with van der Waals surface area (Å²) in [5.41, 5.74) is 9.90. The van der Waals surface area contributed by atoms with E-state index >= 15 is 0 Å². The number of nitrogens with two attached hydrogens (primary N) is 1. The molecule has 34 heavy (non-hydrogen) atoms. The first kappa shape index (κ1) is 23.5. The number of carbonyl (C=O) groups is 2. The quantitative estimate of drug-likeness (QED) is 0.514. The predicted molar refractivity (Wildman–Crippen MR) is 134 cm³/mol. The summed E-state index contributed by atoms with van der Waals surface area (Å²) in [5, 5.41) is 3.30. The summed E-state index contributed by atoms with van der Waals surface area (Å²) in [6.45, 7) is 0.434. The number of nitrogens with zero attached hydrogens (tertiary/aromatic N) is 1. The van der Waals surface area contributed by atoms with Crippen molar-refractivity contribution in [2.24, 2.45) is 5.73 Å². The van der Waals surface area contributed by atoms with Crippen LogP contribution in [0.25, 0.3) is 0 Å². The Morgan fingerprint density at radius 1 is 1.03 bits per heavy atom. The fourth-order valence-electron chi connectivity index (χ4n) is 4.45. The first-order valence-electron chi connectivity index (χ1n) is 11.7. The SMILES string of the molecule is COc1ccc(CN2C(=O)[C@@H](N[C@@H](CCc3ccccc3)C(N)=O)CCc3ccccc32)cc1. The summed E-state index contributed by atoms with van der Waals surface area (Å²) in [5.74, 6) is 0.285. The van der Waals surface area contributed by atoms with E-state index in [1.807, 2.05) is 77.7 Å². The molecule has 1 heterocycles. The third kappa shape index (κ3) is 5.64. The van der Waals surface area contributed by atoms with Crippen molar-refractivity contribution in [2.75, 3.05) is 12.0 Å². The standard InChI is InChI=1S/C28H31N3O3/c1-34-23-15-11-21(12-16-23)19-31-26-10-6-5-9-22(26)14-18-25(28(31)33)30-24(27(29)32)17-13-20-7-3-2-4-8-20/h2-12,15-16,24-25,30H,13-14,17-19H2,1H3,(H2,29,32)/t24-,25-/m0/s1. The van der Waals surface area contributed by atoms with Gasteiger partial charge in [0.2, 0.25) is 11.8 Å². The number of carbonyl (C=O) groups excluding carboxylic acids is 2. The van der Waals surface area contributed by atoms with Crippen LogP contribution in [-0.4, -0.2) is 31.0 Å². The zero-order valence-corrected chi connectivity index (χ0v) is 19.4. The van der Waals surface area contributed by atoms with E-state index in [9.17, 15) is 9.59 Å². The highest BCUT2D eigenvalue weighted by Gasteiger charge is 2.32. The molecule has 0 radical (unpaired) electrons. The monoisotopic (exact) mass is 457 g/mol. The predicted octanol–water partition coefficient (Wildman–Crippen LogP) is 3.62. The molecule has 6 nitrogen and oxygen atoms in total. The molecule has 0 bridgehead atoms. The molecule has 4 rings (SSSR count). The summed E-state index contributed by atoms with van der Waals surface area (Å²) >= 11 is 0. The van der Waals surface area contributed by atoms with Crippen molar-refractivity contribution in [2.45, 2.75) is 44.3 Å². The molecule has 1 aliphatic rings. The zero-order valence-electron chi connectivity index (χ0n) is 19.4. The van der Waals surface area contributed by atoms with Crippen molar-refractivity contribution in [1.82, 2.24) is 5.32 Å². The Morgan fingerprint density at radius 2 is 1.74 bits per heavy atom. The number of benzene rings is 3. The molecule has 2 atom stereocenters. The molecule has 3 aromatic rings. The molecule has 0 spiro atoms. The average molecular weight is 458 g/mol. The van der Waals surface area contributed by atoms with Crippen LogP contribution in [0.15, 0.2) is 78.9 Å². The highest BCUT2D eigenvalue weighted by atomic mass is 16.5. The molecule has 0 aromatic heterocycles. The largest absolute Gasteiger partial charge is 0.497 e. The minimum absolute atomic E-state index is 0.0493. The number of fused-ring (bicyclic) bond motifs is 1. The number of primary amides is 1. The van der Waals surface area contributed by atoms with E-state index in [2.05, 4.69) is 11.4 Å². The summed E-state index contributed by atoms with van der Waals surface area (Å²) in [6.07, 6.45) is 2.58. The van der Waals surface area contributed by atoms with Crippen molar-refractivity contribution in [3.8, 4) is 5.75 Å². The van der Waals surface area contributed by atoms with Crippen LogP contribution in [0, 0.1) is 0 Å². The van der Waals surface area contributed by atoms with E-state index in [1.54, 1.807) is 7.11 Å². The van der Waals surface area contributed by atoms with Crippen LogP contribution in [0.1, 0.15) is 29.5 Å². The van der Waals surface area contributed by atoms with E-state index in [-0.39, 0.29) is 5.91 Å². The van der Waals surface area contributed by atoms with E-state index in [4.69, 9.17) is 10.5 Å². The molecule has 3 N–H and O–H groups in total. The maximum Gasteiger partial charge on any atom is 0.244 e. The summed E-state index contributed by atoms with van der Waals surface area (Å²) < 4.78 is 5.26. The first-order valence-corrected chi connectivity index (χ1v) is 11.7. The number of rotatable bonds is 9. The molecule has 0 unspecified atom stereocenters. The molecule has 1 aliphatic heterocycles. The molecule has 0 aliphatic carbocycles. The van der Waals surface area contributed by atoms with Gasteiger partial charge < -0.3 is 15.4 Å². The van der Waals surface area contributed by atoms with Crippen molar-refractivity contribution < 1.29 is 14.3 Å². The van der Waals surface area contributed by atoms with Crippen LogP contribution in [0.2, 0.25) is 0 Å². The number of para-hydroxylation sites is 1. The number of aryl methyl sites for hydroxylation is 2. The normalized spacial score (nSPS) is 16.4. The summed E-state index contributed by atoms with van der Waals surface area (Å²) in [7, 11) is 1.63. The van der Waals surface area contributed by atoms with Crippen molar-refractivity contribution in [3.63, 3.8) is 0 Å². The molecule has 176 valence electrons. The van der Waals surface area contributed by atoms with Gasteiger partial charge in [0.25, 0.3) is 0 Å². The number of methoxy groups -OCH3 is 1. The molecule has 6 heteroatoms. The Labute approximate surface area is 200 Å². The number of hydrogen-bond acceptors (Lipinski definition) is 4. The fraction of sp³-hybridized carbons (Fsp3) is 0.286. The number of ether oxygens (including phenoxy) is 1. The van der Waals surface area contributed by atoms with Crippen LogP contribution >= 0.6 is 0 Å². The third-order valence-electron chi connectivity index (χ3n) is 6.36. The lowest BCUT2D eigenvalue weighted by Crippen LogP contribution is -2.53. The second kappa shape index (κ2) is 11.0. The van der Waals surface area contributed by atoms with Gasteiger partial charge in [0, 0.05) is 5.69 Å². The number of nitrogens with one attached hydrogen (secondary N) is 1. The maximum atomic E-state index is 13.8. The lowest BCUT2D eigenvalue weighted by atomic mass is 10.0. The first-order chi connectivity index (χ1) is 16.5. The second-order valence-electron chi connectivity index (χ2n) is 8.64. The summed E-state index contributed by atoms with van der Waals surface area (Å²) in [4.78, 5) is 27.8. The van der Waals surface area contributed by atoms with Crippen molar-refractivity contribution in [3.05, 3.63) is 95.6 Å². The second-order valence-corrected chi connectivity index (χ2v) is 8.64. The molecule has 2 amide bonds. The molecular weight excluding hydrogens is 426 g/mol. The number of anilines is 1. The Bertz CT molecular complexity index is 1120. The lowest BCUT2D eigenvalue weighted by Gasteiger charge is -2.28. The van der Waals surface area contributed by atoms with Gasteiger partial charge in [0.05, 0.1) is 25.7 Å². The minimum Gasteiger partial charge on any atom is -0.497 e. The zero-order chi connectivity index (χ0) is 23.9. The number of hydrogen-bond donors (Lipinski definition) is 2. The van der Waals surface area contributed by atoms with Gasteiger partial charge >= 0.3 is 0 Å². The average Bonchev–Trinajstić information content (AvgIpc) is 2.99.